The molecule has 88 valence electrons. The molecule has 1 aliphatic rings. The summed E-state index contributed by atoms with van der Waals surface area (Å²) < 4.78 is 5.10. The molecule has 1 aromatic heterocycles. The maximum atomic E-state index is 11.1. The highest BCUT2D eigenvalue weighted by molar-refractivity contribution is 5.74. The minimum absolute atomic E-state index is 0.196. The van der Waals surface area contributed by atoms with Crippen molar-refractivity contribution in [2.75, 3.05) is 6.54 Å². The summed E-state index contributed by atoms with van der Waals surface area (Å²) >= 11 is 0. The monoisotopic (exact) mass is 224 g/mol. The molecule has 1 aliphatic heterocycles. The van der Waals surface area contributed by atoms with E-state index in [9.17, 15) is 4.79 Å². The van der Waals surface area contributed by atoms with Gasteiger partial charge in [-0.3, -0.25) is 9.69 Å². The number of aromatic nitrogens is 1. The van der Waals surface area contributed by atoms with E-state index in [1.807, 2.05) is 24.8 Å². The van der Waals surface area contributed by atoms with E-state index in [0.29, 0.717) is 6.54 Å². The Morgan fingerprint density at radius 1 is 1.75 bits per heavy atom. The van der Waals surface area contributed by atoms with Gasteiger partial charge in [-0.1, -0.05) is 12.1 Å². The van der Waals surface area contributed by atoms with Crippen molar-refractivity contribution in [1.29, 1.82) is 0 Å². The molecule has 5 heteroatoms. The zero-order chi connectivity index (χ0) is 11.7. The highest BCUT2D eigenvalue weighted by Gasteiger charge is 2.36. The van der Waals surface area contributed by atoms with Gasteiger partial charge in [0.05, 0.1) is 12.2 Å². The van der Waals surface area contributed by atoms with Crippen LogP contribution in [0.3, 0.4) is 0 Å². The Morgan fingerprint density at radius 3 is 3.06 bits per heavy atom. The van der Waals surface area contributed by atoms with E-state index < -0.39 is 12.0 Å². The van der Waals surface area contributed by atoms with Gasteiger partial charge >= 0.3 is 5.97 Å². The topological polar surface area (TPSA) is 66.6 Å². The summed E-state index contributed by atoms with van der Waals surface area (Å²) in [6, 6.07) is 1.45. The van der Waals surface area contributed by atoms with Gasteiger partial charge in [0.1, 0.15) is 6.04 Å². The fourth-order valence-electron chi connectivity index (χ4n) is 2.29. The van der Waals surface area contributed by atoms with Crippen LogP contribution in [0.5, 0.6) is 0 Å². The van der Waals surface area contributed by atoms with Crippen molar-refractivity contribution >= 4 is 5.97 Å². The number of aliphatic carboxylic acids is 1. The smallest absolute Gasteiger partial charge is 0.321 e. The fourth-order valence-corrected chi connectivity index (χ4v) is 2.29. The fraction of sp³-hybridized carbons (Fsp3) is 0.636. The molecule has 2 atom stereocenters. The van der Waals surface area contributed by atoms with Crippen LogP contribution in [0.1, 0.15) is 24.8 Å². The van der Waals surface area contributed by atoms with Crippen molar-refractivity contribution in [3.05, 3.63) is 17.5 Å². The van der Waals surface area contributed by atoms with E-state index in [-0.39, 0.29) is 5.92 Å². The molecule has 0 bridgehead atoms. The van der Waals surface area contributed by atoms with E-state index in [0.717, 1.165) is 24.4 Å². The summed E-state index contributed by atoms with van der Waals surface area (Å²) in [6.45, 7) is 5.17. The second-order valence-electron chi connectivity index (χ2n) is 4.45. The van der Waals surface area contributed by atoms with E-state index in [1.165, 1.54) is 0 Å². The minimum atomic E-state index is -0.749. The molecule has 0 radical (unpaired) electrons. The molecule has 2 heterocycles. The second kappa shape index (κ2) is 4.25. The Hall–Kier alpha value is -1.36. The van der Waals surface area contributed by atoms with Crippen LogP contribution >= 0.6 is 0 Å². The average Bonchev–Trinajstić information content (AvgIpc) is 2.74. The minimum Gasteiger partial charge on any atom is -0.480 e. The number of aryl methyl sites for hydroxylation is 1. The second-order valence-corrected chi connectivity index (χ2v) is 4.45. The van der Waals surface area contributed by atoms with Gasteiger partial charge in [0.15, 0.2) is 5.76 Å². The largest absolute Gasteiger partial charge is 0.480 e. The van der Waals surface area contributed by atoms with Crippen LogP contribution in [-0.2, 0) is 11.3 Å². The molecule has 1 fully saturated rings. The first-order chi connectivity index (χ1) is 7.58. The van der Waals surface area contributed by atoms with Crippen molar-refractivity contribution in [2.24, 2.45) is 5.92 Å². The molecular weight excluding hydrogens is 208 g/mol. The number of carboxylic acids is 1. The first-order valence-electron chi connectivity index (χ1n) is 5.47. The van der Waals surface area contributed by atoms with Crippen LogP contribution in [0, 0.1) is 12.8 Å². The zero-order valence-electron chi connectivity index (χ0n) is 9.51. The molecule has 1 saturated heterocycles. The van der Waals surface area contributed by atoms with Gasteiger partial charge < -0.3 is 9.63 Å². The highest BCUT2D eigenvalue weighted by atomic mass is 16.5. The lowest BCUT2D eigenvalue weighted by Gasteiger charge is -2.21. The third kappa shape index (κ3) is 2.09. The lowest BCUT2D eigenvalue weighted by atomic mass is 10.0. The number of hydrogen-bond donors (Lipinski definition) is 1. The molecule has 16 heavy (non-hydrogen) atoms. The molecular formula is C11H16N2O3. The number of rotatable bonds is 3. The molecule has 1 aromatic rings. The molecule has 0 aliphatic carbocycles. The number of carboxylic acid groups (broad SMARTS) is 1. The van der Waals surface area contributed by atoms with Crippen LogP contribution in [0.25, 0.3) is 0 Å². The summed E-state index contributed by atoms with van der Waals surface area (Å²) in [6.07, 6.45) is 0.921. The Morgan fingerprint density at radius 2 is 2.50 bits per heavy atom. The Balaban J connectivity index is 2.07. The maximum Gasteiger partial charge on any atom is 0.321 e. The van der Waals surface area contributed by atoms with Crippen molar-refractivity contribution in [1.82, 2.24) is 10.1 Å². The molecule has 0 aromatic carbocycles. The van der Waals surface area contributed by atoms with E-state index in [1.54, 1.807) is 0 Å². The van der Waals surface area contributed by atoms with E-state index in [4.69, 9.17) is 9.63 Å². The normalized spacial score (nSPS) is 26.1. The first kappa shape index (κ1) is 11.1. The Kier molecular flexibility index (Phi) is 2.96. The standard InChI is InChI=1S/C11H16N2O3/c1-7-3-4-13(10(7)11(14)15)6-9-5-8(2)12-16-9/h5,7,10H,3-4,6H2,1-2H3,(H,14,15). The van der Waals surface area contributed by atoms with Crippen molar-refractivity contribution < 1.29 is 14.4 Å². The highest BCUT2D eigenvalue weighted by Crippen LogP contribution is 2.25. The van der Waals surface area contributed by atoms with Crippen molar-refractivity contribution in [3.63, 3.8) is 0 Å². The maximum absolute atomic E-state index is 11.1. The van der Waals surface area contributed by atoms with Crippen LogP contribution in [0.2, 0.25) is 0 Å². The van der Waals surface area contributed by atoms with Gasteiger partial charge in [-0.25, -0.2) is 0 Å². The predicted molar refractivity (Wildman–Crippen MR) is 56.9 cm³/mol. The molecule has 0 amide bonds. The Labute approximate surface area is 94.0 Å². The molecule has 5 nitrogen and oxygen atoms in total. The summed E-state index contributed by atoms with van der Waals surface area (Å²) in [5, 5.41) is 12.9. The third-order valence-electron chi connectivity index (χ3n) is 3.09. The number of nitrogens with zero attached hydrogens (tertiary/aromatic N) is 2. The van der Waals surface area contributed by atoms with Crippen LogP contribution < -0.4 is 0 Å². The van der Waals surface area contributed by atoms with E-state index >= 15 is 0 Å². The SMILES string of the molecule is Cc1cc(CN2CCC(C)C2C(=O)O)on1. The number of likely N-dealkylation sites (tertiary alicyclic amines) is 1. The van der Waals surface area contributed by atoms with Crippen molar-refractivity contribution in [3.8, 4) is 0 Å². The summed E-state index contributed by atoms with van der Waals surface area (Å²) in [5.41, 5.74) is 0.828. The van der Waals surface area contributed by atoms with Crippen LogP contribution in [-0.4, -0.2) is 33.7 Å². The van der Waals surface area contributed by atoms with E-state index in [2.05, 4.69) is 5.16 Å². The zero-order valence-corrected chi connectivity index (χ0v) is 9.51. The molecule has 0 saturated carbocycles. The van der Waals surface area contributed by atoms with Crippen LogP contribution in [0.4, 0.5) is 0 Å². The van der Waals surface area contributed by atoms with Gasteiger partial charge in [0.25, 0.3) is 0 Å². The van der Waals surface area contributed by atoms with Gasteiger partial charge in [0, 0.05) is 6.07 Å². The summed E-state index contributed by atoms with van der Waals surface area (Å²) in [7, 11) is 0. The number of carbonyl (C=O) groups is 1. The predicted octanol–water partition coefficient (Wildman–Crippen LogP) is 1.28. The van der Waals surface area contributed by atoms with Gasteiger partial charge in [0.2, 0.25) is 0 Å². The molecule has 0 spiro atoms. The van der Waals surface area contributed by atoms with Gasteiger partial charge in [-0.15, -0.1) is 0 Å². The summed E-state index contributed by atoms with van der Waals surface area (Å²) in [5.74, 6) is 0.181. The lowest BCUT2D eigenvalue weighted by molar-refractivity contribution is -0.143. The third-order valence-corrected chi connectivity index (χ3v) is 3.09. The van der Waals surface area contributed by atoms with Crippen molar-refractivity contribution in [2.45, 2.75) is 32.9 Å². The molecule has 2 unspecified atom stereocenters. The number of hydrogen-bond acceptors (Lipinski definition) is 4. The average molecular weight is 224 g/mol. The quantitative estimate of drug-likeness (QED) is 0.837. The first-order valence-corrected chi connectivity index (χ1v) is 5.47. The lowest BCUT2D eigenvalue weighted by Crippen LogP contribution is -2.38. The molecule has 2 rings (SSSR count). The van der Waals surface area contributed by atoms with Gasteiger partial charge in [-0.05, 0) is 25.8 Å². The van der Waals surface area contributed by atoms with Crippen LogP contribution in [0.15, 0.2) is 10.6 Å². The molecule has 1 N–H and O–H groups in total. The Bertz CT molecular complexity index is 388. The summed E-state index contributed by atoms with van der Waals surface area (Å²) in [4.78, 5) is 13.1. The van der Waals surface area contributed by atoms with Gasteiger partial charge in [-0.2, -0.15) is 0 Å².